The molecular weight excluding hydrogens is 274 g/mol. The smallest absolute Gasteiger partial charge is 0.232 e. The van der Waals surface area contributed by atoms with E-state index in [0.29, 0.717) is 13.0 Å². The molecule has 22 heavy (non-hydrogen) atoms. The molecule has 1 heterocycles. The van der Waals surface area contributed by atoms with Crippen LogP contribution in [0.2, 0.25) is 0 Å². The van der Waals surface area contributed by atoms with E-state index in [1.54, 1.807) is 0 Å². The molecule has 0 aromatic heterocycles. The number of piperidine rings is 1. The summed E-state index contributed by atoms with van der Waals surface area (Å²) in [6.45, 7) is 6.76. The van der Waals surface area contributed by atoms with Gasteiger partial charge in [0.2, 0.25) is 11.8 Å². The average molecular weight is 309 g/mol. The molecule has 1 rings (SSSR count). The highest BCUT2D eigenvalue weighted by atomic mass is 16.2. The highest BCUT2D eigenvalue weighted by Gasteiger charge is 2.35. The largest absolute Gasteiger partial charge is 0.282 e. The summed E-state index contributed by atoms with van der Waals surface area (Å²) in [6.07, 6.45) is 13.5. The van der Waals surface area contributed by atoms with Crippen molar-refractivity contribution < 1.29 is 9.59 Å². The summed E-state index contributed by atoms with van der Waals surface area (Å²) in [6, 6.07) is 0. The fourth-order valence-corrected chi connectivity index (χ4v) is 3.35. The Labute approximate surface area is 136 Å². The zero-order valence-electron chi connectivity index (χ0n) is 14.9. The Bertz CT molecular complexity index is 320. The van der Waals surface area contributed by atoms with Gasteiger partial charge in [-0.25, -0.2) is 0 Å². The van der Waals surface area contributed by atoms with Gasteiger partial charge in [0.1, 0.15) is 0 Å². The van der Waals surface area contributed by atoms with Gasteiger partial charge in [-0.15, -0.1) is 0 Å². The number of likely N-dealkylation sites (tertiary alicyclic amines) is 1. The summed E-state index contributed by atoms with van der Waals surface area (Å²) in [5.74, 6) is 0.102. The van der Waals surface area contributed by atoms with Crippen molar-refractivity contribution in [3.05, 3.63) is 0 Å². The highest BCUT2D eigenvalue weighted by molar-refractivity contribution is 5.99. The zero-order chi connectivity index (χ0) is 16.4. The number of imide groups is 1. The normalized spacial score (nSPS) is 22.4. The third kappa shape index (κ3) is 6.50. The summed E-state index contributed by atoms with van der Waals surface area (Å²) in [5.41, 5.74) is 0. The van der Waals surface area contributed by atoms with E-state index >= 15 is 0 Å². The van der Waals surface area contributed by atoms with Crippen LogP contribution in [0.4, 0.5) is 0 Å². The lowest BCUT2D eigenvalue weighted by Crippen LogP contribution is -2.48. The van der Waals surface area contributed by atoms with Crippen molar-refractivity contribution in [2.45, 2.75) is 91.4 Å². The second kappa shape index (κ2) is 10.8. The van der Waals surface area contributed by atoms with Gasteiger partial charge in [0.15, 0.2) is 0 Å². The lowest BCUT2D eigenvalue weighted by atomic mass is 9.90. The van der Waals surface area contributed by atoms with E-state index in [1.165, 1.54) is 56.3 Å². The quantitative estimate of drug-likeness (QED) is 0.400. The maximum atomic E-state index is 12.1. The SMILES string of the molecule is CCCCCCCCCCCCN1C(=O)C(C)CC(C)C1=O. The van der Waals surface area contributed by atoms with Gasteiger partial charge in [0.05, 0.1) is 0 Å². The van der Waals surface area contributed by atoms with E-state index in [-0.39, 0.29) is 23.7 Å². The predicted molar refractivity (Wildman–Crippen MR) is 91.5 cm³/mol. The lowest BCUT2D eigenvalue weighted by Gasteiger charge is -2.32. The van der Waals surface area contributed by atoms with Crippen molar-refractivity contribution in [1.29, 1.82) is 0 Å². The first-order valence-corrected chi connectivity index (χ1v) is 9.43. The van der Waals surface area contributed by atoms with Gasteiger partial charge in [-0.3, -0.25) is 14.5 Å². The molecule has 1 aliphatic rings. The number of carbonyl (C=O) groups is 2. The minimum atomic E-state index is 0.0100. The van der Waals surface area contributed by atoms with E-state index in [0.717, 1.165) is 12.8 Å². The highest BCUT2D eigenvalue weighted by Crippen LogP contribution is 2.24. The van der Waals surface area contributed by atoms with Crippen LogP contribution in [-0.4, -0.2) is 23.3 Å². The molecule has 0 radical (unpaired) electrons. The summed E-state index contributed by atoms with van der Waals surface area (Å²) >= 11 is 0. The first kappa shape index (κ1) is 19.2. The van der Waals surface area contributed by atoms with Crippen LogP contribution in [0.3, 0.4) is 0 Å². The lowest BCUT2D eigenvalue weighted by molar-refractivity contribution is -0.154. The van der Waals surface area contributed by atoms with E-state index in [1.807, 2.05) is 13.8 Å². The third-order valence-electron chi connectivity index (χ3n) is 4.82. The Morgan fingerprint density at radius 3 is 1.64 bits per heavy atom. The van der Waals surface area contributed by atoms with Crippen LogP contribution < -0.4 is 0 Å². The van der Waals surface area contributed by atoms with Crippen molar-refractivity contribution in [3.63, 3.8) is 0 Å². The number of rotatable bonds is 11. The van der Waals surface area contributed by atoms with Gasteiger partial charge < -0.3 is 0 Å². The Hall–Kier alpha value is -0.860. The molecule has 2 unspecified atom stereocenters. The summed E-state index contributed by atoms with van der Waals surface area (Å²) in [4.78, 5) is 25.7. The van der Waals surface area contributed by atoms with Gasteiger partial charge in [-0.05, 0) is 12.8 Å². The third-order valence-corrected chi connectivity index (χ3v) is 4.82. The first-order valence-electron chi connectivity index (χ1n) is 9.43. The molecule has 0 aromatic carbocycles. The molecule has 0 aromatic rings. The number of carbonyl (C=O) groups excluding carboxylic acids is 2. The maximum Gasteiger partial charge on any atom is 0.232 e. The zero-order valence-corrected chi connectivity index (χ0v) is 14.9. The number of amides is 2. The standard InChI is InChI=1S/C19H35NO2/c1-4-5-6-7-8-9-10-11-12-13-14-20-18(21)16(2)15-17(3)19(20)22/h16-17H,4-15H2,1-3H3. The van der Waals surface area contributed by atoms with Gasteiger partial charge in [0.25, 0.3) is 0 Å². The molecule has 3 nitrogen and oxygen atoms in total. The summed E-state index contributed by atoms with van der Waals surface area (Å²) in [7, 11) is 0. The van der Waals surface area contributed by atoms with E-state index < -0.39 is 0 Å². The maximum absolute atomic E-state index is 12.1. The van der Waals surface area contributed by atoms with Crippen LogP contribution >= 0.6 is 0 Å². The van der Waals surface area contributed by atoms with Crippen LogP contribution in [0, 0.1) is 11.8 Å². The van der Waals surface area contributed by atoms with Gasteiger partial charge >= 0.3 is 0 Å². The van der Waals surface area contributed by atoms with Crippen LogP contribution in [-0.2, 0) is 9.59 Å². The van der Waals surface area contributed by atoms with Crippen LogP contribution in [0.15, 0.2) is 0 Å². The van der Waals surface area contributed by atoms with Gasteiger partial charge in [-0.1, -0.05) is 78.6 Å². The molecule has 0 aliphatic carbocycles. The van der Waals surface area contributed by atoms with Crippen LogP contribution in [0.25, 0.3) is 0 Å². The predicted octanol–water partition coefficient (Wildman–Crippen LogP) is 4.94. The fourth-order valence-electron chi connectivity index (χ4n) is 3.35. The number of hydrogen-bond acceptors (Lipinski definition) is 2. The van der Waals surface area contributed by atoms with Crippen molar-refractivity contribution in [2.24, 2.45) is 11.8 Å². The Balaban J connectivity index is 2.06. The van der Waals surface area contributed by atoms with E-state index in [9.17, 15) is 9.59 Å². The van der Waals surface area contributed by atoms with Crippen molar-refractivity contribution in [2.75, 3.05) is 6.54 Å². The second-order valence-electron chi connectivity index (χ2n) is 7.05. The summed E-state index contributed by atoms with van der Waals surface area (Å²) < 4.78 is 0. The molecule has 2 atom stereocenters. The molecule has 128 valence electrons. The molecule has 3 heteroatoms. The molecule has 0 saturated carbocycles. The second-order valence-corrected chi connectivity index (χ2v) is 7.05. The fraction of sp³-hybridized carbons (Fsp3) is 0.895. The molecule has 2 amide bonds. The summed E-state index contributed by atoms with van der Waals surface area (Å²) in [5, 5.41) is 0. The Morgan fingerprint density at radius 1 is 0.773 bits per heavy atom. The number of nitrogens with zero attached hydrogens (tertiary/aromatic N) is 1. The van der Waals surface area contributed by atoms with Gasteiger partial charge in [-0.2, -0.15) is 0 Å². The molecule has 0 N–H and O–H groups in total. The minimum absolute atomic E-state index is 0.0100. The molecule has 1 aliphatic heterocycles. The Kier molecular flexibility index (Phi) is 9.42. The average Bonchev–Trinajstić information content (AvgIpc) is 2.50. The van der Waals surface area contributed by atoms with Crippen molar-refractivity contribution in [3.8, 4) is 0 Å². The topological polar surface area (TPSA) is 37.4 Å². The van der Waals surface area contributed by atoms with Crippen molar-refractivity contribution in [1.82, 2.24) is 4.90 Å². The molecular formula is C19H35NO2. The van der Waals surface area contributed by atoms with Crippen molar-refractivity contribution >= 4 is 11.8 Å². The minimum Gasteiger partial charge on any atom is -0.282 e. The first-order chi connectivity index (χ1) is 10.6. The monoisotopic (exact) mass is 309 g/mol. The van der Waals surface area contributed by atoms with E-state index in [4.69, 9.17) is 0 Å². The molecule has 0 spiro atoms. The molecule has 1 fully saturated rings. The number of hydrogen-bond donors (Lipinski definition) is 0. The molecule has 1 saturated heterocycles. The number of unbranched alkanes of at least 4 members (excludes halogenated alkanes) is 9. The van der Waals surface area contributed by atoms with Crippen LogP contribution in [0.5, 0.6) is 0 Å². The van der Waals surface area contributed by atoms with E-state index in [2.05, 4.69) is 6.92 Å². The van der Waals surface area contributed by atoms with Crippen LogP contribution in [0.1, 0.15) is 91.4 Å². The Morgan fingerprint density at radius 2 is 1.18 bits per heavy atom. The molecule has 0 bridgehead atoms. The van der Waals surface area contributed by atoms with Gasteiger partial charge in [0, 0.05) is 18.4 Å².